The molecule has 0 spiro atoms. The number of pyridine rings is 1. The highest BCUT2D eigenvalue weighted by molar-refractivity contribution is 5.94. The zero-order chi connectivity index (χ0) is 20.4. The Kier molecular flexibility index (Phi) is 5.32. The molecule has 4 bridgehead atoms. The second-order valence-electron chi connectivity index (χ2n) is 7.01. The molecule has 0 unspecified atom stereocenters. The van der Waals surface area contributed by atoms with Crippen molar-refractivity contribution in [2.24, 2.45) is 0 Å². The Labute approximate surface area is 168 Å². The average molecular weight is 396 g/mol. The molecule has 0 aliphatic carbocycles. The van der Waals surface area contributed by atoms with Gasteiger partial charge in [-0.25, -0.2) is 19.3 Å². The van der Waals surface area contributed by atoms with Crippen molar-refractivity contribution >= 4 is 34.4 Å². The third-order valence-electron chi connectivity index (χ3n) is 4.74. The van der Waals surface area contributed by atoms with Gasteiger partial charge < -0.3 is 25.4 Å². The molecular weight excluding hydrogens is 372 g/mol. The highest BCUT2D eigenvalue weighted by Gasteiger charge is 2.18. The van der Waals surface area contributed by atoms with Gasteiger partial charge in [0.15, 0.2) is 5.65 Å². The quantitative estimate of drug-likeness (QED) is 0.626. The molecule has 1 aromatic carbocycles. The molecule has 9 nitrogen and oxygen atoms in total. The molecule has 0 radical (unpaired) electrons. The first-order chi connectivity index (χ1) is 14.1. The van der Waals surface area contributed by atoms with E-state index in [9.17, 15) is 4.79 Å². The van der Waals surface area contributed by atoms with Crippen LogP contribution in [0.15, 0.2) is 30.6 Å². The minimum absolute atomic E-state index is 0.166. The van der Waals surface area contributed by atoms with Crippen molar-refractivity contribution in [2.75, 3.05) is 31.4 Å². The molecule has 4 rings (SSSR count). The van der Waals surface area contributed by atoms with Crippen molar-refractivity contribution in [3.05, 3.63) is 41.7 Å². The highest BCUT2D eigenvalue weighted by atomic mass is 16.5. The van der Waals surface area contributed by atoms with Gasteiger partial charge in [0.25, 0.3) is 0 Å². The molecule has 1 amide bonds. The summed E-state index contributed by atoms with van der Waals surface area (Å²) in [5.74, 6) is 0.594. The van der Waals surface area contributed by atoms with Gasteiger partial charge >= 0.3 is 6.03 Å². The average Bonchev–Trinajstić information content (AvgIpc) is 3.13. The number of carbonyl (C=O) groups is 1. The van der Waals surface area contributed by atoms with E-state index in [1.165, 1.54) is 10.9 Å². The molecule has 1 atom stereocenters. The fourth-order valence-electron chi connectivity index (χ4n) is 3.32. The van der Waals surface area contributed by atoms with Gasteiger partial charge in [0, 0.05) is 31.5 Å². The van der Waals surface area contributed by atoms with Crippen LogP contribution in [0.2, 0.25) is 0 Å². The van der Waals surface area contributed by atoms with E-state index in [2.05, 4.69) is 25.9 Å². The lowest BCUT2D eigenvalue weighted by molar-refractivity contribution is 0.104. The minimum atomic E-state index is -0.300. The Hall–Kier alpha value is -3.17. The predicted molar refractivity (Wildman–Crippen MR) is 111 cm³/mol. The summed E-state index contributed by atoms with van der Waals surface area (Å²) in [5.41, 5.74) is 4.75. The van der Waals surface area contributed by atoms with Gasteiger partial charge in [-0.15, -0.1) is 0 Å². The summed E-state index contributed by atoms with van der Waals surface area (Å²) >= 11 is 0. The van der Waals surface area contributed by atoms with Crippen LogP contribution >= 0.6 is 0 Å². The Bertz CT molecular complexity index is 1050. The first-order valence-electron chi connectivity index (χ1n) is 9.41. The van der Waals surface area contributed by atoms with Crippen molar-refractivity contribution in [1.29, 1.82) is 0 Å². The molecule has 3 heterocycles. The standard InChI is InChI=1S/C20H24N6O3/c1-12-8-29-9-13-4-5-14(10-28-3)15(6-13)24-17-7-16(21-2)18-19(25-17)26(11-22-18)20(27)23-12/h4-7,11-12H,8-10H2,1-3H3,(H,23,27)(H2,21,24,25)/t12-/m1/s1. The van der Waals surface area contributed by atoms with Gasteiger partial charge in [-0.1, -0.05) is 12.1 Å². The molecule has 0 saturated carbocycles. The zero-order valence-electron chi connectivity index (χ0n) is 16.7. The first kappa shape index (κ1) is 19.2. The number of aromatic nitrogens is 3. The van der Waals surface area contributed by atoms with Crippen LogP contribution in [0.25, 0.3) is 11.2 Å². The largest absolute Gasteiger partial charge is 0.386 e. The number of imidazole rings is 1. The second-order valence-corrected chi connectivity index (χ2v) is 7.01. The molecular formula is C20H24N6O3. The van der Waals surface area contributed by atoms with Crippen molar-refractivity contribution in [1.82, 2.24) is 19.9 Å². The number of benzene rings is 1. The van der Waals surface area contributed by atoms with Crippen LogP contribution in [0, 0.1) is 0 Å². The maximum atomic E-state index is 12.7. The summed E-state index contributed by atoms with van der Waals surface area (Å²) < 4.78 is 12.5. The van der Waals surface area contributed by atoms with E-state index in [0.717, 1.165) is 22.5 Å². The number of ether oxygens (including phenoxy) is 2. The van der Waals surface area contributed by atoms with Gasteiger partial charge in [0.1, 0.15) is 17.7 Å². The Morgan fingerprint density at radius 2 is 2.24 bits per heavy atom. The lowest BCUT2D eigenvalue weighted by Gasteiger charge is -2.18. The number of hydrogen-bond acceptors (Lipinski definition) is 7. The van der Waals surface area contributed by atoms with Crippen LogP contribution in [-0.4, -0.2) is 47.4 Å². The van der Waals surface area contributed by atoms with Crippen LogP contribution in [0.3, 0.4) is 0 Å². The van der Waals surface area contributed by atoms with Crippen LogP contribution in [0.5, 0.6) is 0 Å². The van der Waals surface area contributed by atoms with Crippen molar-refractivity contribution in [3.63, 3.8) is 0 Å². The number of anilines is 3. The Morgan fingerprint density at radius 1 is 1.38 bits per heavy atom. The van der Waals surface area contributed by atoms with Gasteiger partial charge in [0.05, 0.1) is 31.5 Å². The first-order valence-corrected chi connectivity index (χ1v) is 9.41. The molecule has 3 aromatic rings. The third kappa shape index (κ3) is 3.87. The van der Waals surface area contributed by atoms with E-state index in [4.69, 9.17) is 9.47 Å². The monoisotopic (exact) mass is 396 g/mol. The number of hydrogen-bond donors (Lipinski definition) is 3. The molecule has 3 N–H and O–H groups in total. The molecule has 1 aliphatic rings. The molecule has 29 heavy (non-hydrogen) atoms. The summed E-state index contributed by atoms with van der Waals surface area (Å²) in [6.45, 7) is 3.19. The Morgan fingerprint density at radius 3 is 3.03 bits per heavy atom. The number of nitrogens with zero attached hydrogens (tertiary/aromatic N) is 3. The molecule has 152 valence electrons. The van der Waals surface area contributed by atoms with Gasteiger partial charge in [0.2, 0.25) is 0 Å². The number of amides is 1. The van der Waals surface area contributed by atoms with Crippen LogP contribution in [0.4, 0.5) is 22.0 Å². The normalized spacial score (nSPS) is 16.9. The minimum Gasteiger partial charge on any atom is -0.386 e. The molecule has 1 aliphatic heterocycles. The summed E-state index contributed by atoms with van der Waals surface area (Å²) in [4.78, 5) is 21.8. The maximum absolute atomic E-state index is 12.7. The van der Waals surface area contributed by atoms with E-state index in [1.807, 2.05) is 38.2 Å². The fourth-order valence-corrected chi connectivity index (χ4v) is 3.32. The summed E-state index contributed by atoms with van der Waals surface area (Å²) in [6, 6.07) is 7.46. The van der Waals surface area contributed by atoms with E-state index in [1.54, 1.807) is 7.11 Å². The predicted octanol–water partition coefficient (Wildman–Crippen LogP) is 2.84. The van der Waals surface area contributed by atoms with Gasteiger partial charge in [-0.3, -0.25) is 0 Å². The van der Waals surface area contributed by atoms with Crippen LogP contribution < -0.4 is 16.0 Å². The van der Waals surface area contributed by atoms with E-state index < -0.39 is 0 Å². The lowest BCUT2D eigenvalue weighted by atomic mass is 10.1. The SMILES string of the molecule is CNc1cc2nc3c1ncn3C(=O)N[C@H](C)COCc1ccc(COC)c(c1)N2. The van der Waals surface area contributed by atoms with Crippen molar-refractivity contribution < 1.29 is 14.3 Å². The van der Waals surface area contributed by atoms with Gasteiger partial charge in [-0.2, -0.15) is 0 Å². The summed E-state index contributed by atoms with van der Waals surface area (Å²) in [7, 11) is 3.47. The van der Waals surface area contributed by atoms with E-state index in [-0.39, 0.29) is 12.1 Å². The Balaban J connectivity index is 1.86. The second kappa shape index (κ2) is 8.06. The highest BCUT2D eigenvalue weighted by Crippen LogP contribution is 2.28. The summed E-state index contributed by atoms with van der Waals surface area (Å²) in [5, 5.41) is 9.42. The molecule has 0 saturated heterocycles. The number of carbonyl (C=O) groups excluding carboxylic acids is 1. The molecule has 2 aromatic heterocycles. The number of fused-ring (bicyclic) bond motifs is 3. The summed E-state index contributed by atoms with van der Waals surface area (Å²) in [6.07, 6.45) is 1.48. The lowest BCUT2D eigenvalue weighted by Crippen LogP contribution is -2.38. The van der Waals surface area contributed by atoms with Crippen molar-refractivity contribution in [2.45, 2.75) is 26.2 Å². The van der Waals surface area contributed by atoms with E-state index >= 15 is 0 Å². The smallest absolute Gasteiger partial charge is 0.328 e. The number of rotatable bonds is 3. The fraction of sp³-hybridized carbons (Fsp3) is 0.350. The van der Waals surface area contributed by atoms with Crippen LogP contribution in [0.1, 0.15) is 18.1 Å². The maximum Gasteiger partial charge on any atom is 0.328 e. The van der Waals surface area contributed by atoms with Crippen molar-refractivity contribution in [3.8, 4) is 0 Å². The van der Waals surface area contributed by atoms with Gasteiger partial charge in [-0.05, 0) is 18.6 Å². The number of nitrogens with one attached hydrogen (secondary N) is 3. The third-order valence-corrected chi connectivity index (χ3v) is 4.74. The van der Waals surface area contributed by atoms with Crippen LogP contribution in [-0.2, 0) is 22.7 Å². The number of methoxy groups -OCH3 is 1. The zero-order valence-corrected chi connectivity index (χ0v) is 16.7. The van der Waals surface area contributed by atoms with E-state index in [0.29, 0.717) is 36.8 Å². The molecule has 0 fully saturated rings. The molecule has 9 heteroatoms. The topological polar surface area (TPSA) is 102 Å².